The second-order valence-corrected chi connectivity index (χ2v) is 9.40. The summed E-state index contributed by atoms with van der Waals surface area (Å²) in [5.41, 5.74) is 4.64. The minimum atomic E-state index is -1.96. The van der Waals surface area contributed by atoms with Crippen LogP contribution in [0.5, 0.6) is 11.5 Å². The van der Waals surface area contributed by atoms with Gasteiger partial charge in [0.1, 0.15) is 18.1 Å². The van der Waals surface area contributed by atoms with Gasteiger partial charge in [0.15, 0.2) is 0 Å². The molecule has 0 saturated heterocycles. The van der Waals surface area contributed by atoms with Crippen LogP contribution in [-0.4, -0.2) is 31.6 Å². The molecule has 11 nitrogen and oxygen atoms in total. The summed E-state index contributed by atoms with van der Waals surface area (Å²) >= 11 is -1.96. The number of carbonyl (C=O) groups excluding carboxylic acids is 1. The number of aromatic hydroxyl groups is 1. The number of phenolic OH excluding ortho intramolecular Hbond substituents is 1. The van der Waals surface area contributed by atoms with Gasteiger partial charge >= 0.3 is 5.97 Å². The van der Waals surface area contributed by atoms with Crippen molar-refractivity contribution in [1.29, 1.82) is 0 Å². The van der Waals surface area contributed by atoms with E-state index >= 15 is 0 Å². The maximum absolute atomic E-state index is 12.9. The molecule has 0 bridgehead atoms. The normalized spacial score (nSPS) is 11.4. The summed E-state index contributed by atoms with van der Waals surface area (Å²) in [5, 5.41) is 30.3. The smallest absolute Gasteiger partial charge is 0.336 e. The first kappa shape index (κ1) is 28.3. The Labute approximate surface area is 231 Å². The third-order valence-corrected chi connectivity index (χ3v) is 6.51. The fraction of sp³-hybridized carbons (Fsp3) is 0.0714. The van der Waals surface area contributed by atoms with E-state index in [1.165, 1.54) is 18.2 Å². The van der Waals surface area contributed by atoms with Crippen molar-refractivity contribution in [3.8, 4) is 11.5 Å². The number of nitrogens with one attached hydrogen (secondary N) is 2. The molecule has 1 atom stereocenters. The van der Waals surface area contributed by atoms with Crippen molar-refractivity contribution in [3.63, 3.8) is 0 Å². The predicted octanol–water partition coefficient (Wildman–Crippen LogP) is 4.98. The van der Waals surface area contributed by atoms with Gasteiger partial charge in [-0.1, -0.05) is 36.4 Å². The lowest BCUT2D eigenvalue weighted by molar-refractivity contribution is -0.253. The molecule has 4 aromatic carbocycles. The number of hydrogen-bond acceptors (Lipinski definition) is 9. The largest absolute Gasteiger partial charge is 0.508 e. The first-order valence-electron chi connectivity index (χ1n) is 11.7. The standard InChI is InChI=1S/C28H24N2O9S/c31-22-11-12-25(28(33)34)26(15-22)27(32)29-20-7-4-10-24(14-20)40(36)39-23-9-3-8-21(13-23)30-37-16-18-5-1-2-6-19(18)17-38-35/h1-15,30-31,35H,16-17H2,(H,29,32)(H,33,34). The Kier molecular flexibility index (Phi) is 9.44. The lowest BCUT2D eigenvalue weighted by atomic mass is 10.1. The van der Waals surface area contributed by atoms with Crippen molar-refractivity contribution >= 4 is 34.3 Å². The third-order valence-electron chi connectivity index (χ3n) is 5.52. The summed E-state index contributed by atoms with van der Waals surface area (Å²) in [6, 6.07) is 23.3. The van der Waals surface area contributed by atoms with Gasteiger partial charge in [0.25, 0.3) is 5.91 Å². The van der Waals surface area contributed by atoms with Gasteiger partial charge in [-0.3, -0.25) is 20.4 Å². The highest BCUT2D eigenvalue weighted by atomic mass is 32.2. The van der Waals surface area contributed by atoms with Crippen LogP contribution in [-0.2, 0) is 34.0 Å². The zero-order valence-electron chi connectivity index (χ0n) is 20.8. The van der Waals surface area contributed by atoms with Crippen LogP contribution in [0.2, 0.25) is 0 Å². The molecule has 0 aliphatic rings. The number of hydrogen-bond donors (Lipinski definition) is 5. The van der Waals surface area contributed by atoms with Crippen molar-refractivity contribution in [2.24, 2.45) is 0 Å². The van der Waals surface area contributed by atoms with E-state index in [9.17, 15) is 24.0 Å². The molecule has 0 saturated carbocycles. The number of carboxylic acids is 1. The second-order valence-electron chi connectivity index (χ2n) is 8.30. The number of anilines is 2. The first-order chi connectivity index (χ1) is 19.3. The van der Waals surface area contributed by atoms with E-state index in [1.807, 2.05) is 18.2 Å². The Balaban J connectivity index is 1.38. The van der Waals surface area contributed by atoms with Crippen molar-refractivity contribution in [3.05, 3.63) is 113 Å². The summed E-state index contributed by atoms with van der Waals surface area (Å²) in [6.07, 6.45) is 0. The topological polar surface area (TPSA) is 164 Å². The predicted molar refractivity (Wildman–Crippen MR) is 145 cm³/mol. The van der Waals surface area contributed by atoms with Crippen LogP contribution < -0.4 is 15.0 Å². The average molecular weight is 565 g/mol. The van der Waals surface area contributed by atoms with Gasteiger partial charge < -0.3 is 19.7 Å². The monoisotopic (exact) mass is 564 g/mol. The van der Waals surface area contributed by atoms with Crippen LogP contribution in [0.4, 0.5) is 11.4 Å². The Morgan fingerprint density at radius 2 is 1.52 bits per heavy atom. The van der Waals surface area contributed by atoms with Crippen LogP contribution in [0, 0.1) is 0 Å². The van der Waals surface area contributed by atoms with E-state index in [0.717, 1.165) is 23.3 Å². The van der Waals surface area contributed by atoms with E-state index < -0.39 is 23.0 Å². The van der Waals surface area contributed by atoms with E-state index in [2.05, 4.69) is 15.7 Å². The molecule has 1 unspecified atom stereocenters. The molecule has 1 amide bonds. The fourth-order valence-corrected chi connectivity index (χ4v) is 4.42. The zero-order chi connectivity index (χ0) is 28.5. The Morgan fingerprint density at radius 3 is 2.27 bits per heavy atom. The molecular weight excluding hydrogens is 540 g/mol. The minimum Gasteiger partial charge on any atom is -0.508 e. The SMILES string of the molecule is O=C(O)c1ccc(O)cc1C(=O)Nc1cccc(S(=O)Oc2cccc(NOCc3ccccc3COO)c2)c1. The summed E-state index contributed by atoms with van der Waals surface area (Å²) in [6.45, 7) is 0.213. The van der Waals surface area contributed by atoms with Crippen molar-refractivity contribution in [2.45, 2.75) is 18.1 Å². The molecule has 40 heavy (non-hydrogen) atoms. The quantitative estimate of drug-likeness (QED) is 0.117. The van der Waals surface area contributed by atoms with Crippen LogP contribution >= 0.6 is 0 Å². The summed E-state index contributed by atoms with van der Waals surface area (Å²) in [5.74, 6) is -2.07. The maximum atomic E-state index is 12.9. The third kappa shape index (κ3) is 7.42. The van der Waals surface area contributed by atoms with Gasteiger partial charge in [0.2, 0.25) is 11.1 Å². The molecular formula is C28H24N2O9S. The van der Waals surface area contributed by atoms with Gasteiger partial charge in [0, 0.05) is 11.8 Å². The number of rotatable bonds is 12. The van der Waals surface area contributed by atoms with E-state index in [-0.39, 0.29) is 46.4 Å². The second kappa shape index (κ2) is 13.4. The molecule has 12 heteroatoms. The van der Waals surface area contributed by atoms with Crippen LogP contribution in [0.25, 0.3) is 0 Å². The molecule has 0 fully saturated rings. The molecule has 5 N–H and O–H groups in total. The lowest BCUT2D eigenvalue weighted by Crippen LogP contribution is -2.16. The number of aromatic carboxylic acids is 1. The van der Waals surface area contributed by atoms with E-state index in [1.54, 1.807) is 42.5 Å². The number of amides is 1. The highest BCUT2D eigenvalue weighted by molar-refractivity contribution is 7.80. The van der Waals surface area contributed by atoms with Gasteiger partial charge in [-0.15, -0.1) is 0 Å². The molecule has 0 heterocycles. The van der Waals surface area contributed by atoms with Gasteiger partial charge in [-0.25, -0.2) is 13.9 Å². The highest BCUT2D eigenvalue weighted by Crippen LogP contribution is 2.23. The zero-order valence-corrected chi connectivity index (χ0v) is 21.6. The Bertz CT molecular complexity index is 1540. The fourth-order valence-electron chi connectivity index (χ4n) is 3.64. The minimum absolute atomic E-state index is 0.0266. The number of phenols is 1. The van der Waals surface area contributed by atoms with Gasteiger partial charge in [-0.2, -0.15) is 0 Å². The lowest BCUT2D eigenvalue weighted by Gasteiger charge is -2.12. The molecule has 0 aromatic heterocycles. The van der Waals surface area contributed by atoms with Crippen molar-refractivity contribution < 1.29 is 43.2 Å². The Morgan fingerprint density at radius 1 is 0.800 bits per heavy atom. The van der Waals surface area contributed by atoms with E-state index in [4.69, 9.17) is 14.3 Å². The molecule has 0 aliphatic carbocycles. The van der Waals surface area contributed by atoms with Crippen LogP contribution in [0.3, 0.4) is 0 Å². The van der Waals surface area contributed by atoms with Gasteiger partial charge in [-0.05, 0) is 59.7 Å². The molecule has 206 valence electrons. The molecule has 0 aliphatic heterocycles. The van der Waals surface area contributed by atoms with Crippen molar-refractivity contribution in [2.75, 3.05) is 10.8 Å². The Hall–Kier alpha value is -4.75. The number of benzene rings is 4. The number of carboxylic acid groups (broad SMARTS) is 1. The molecule has 0 radical (unpaired) electrons. The average Bonchev–Trinajstić information content (AvgIpc) is 2.94. The maximum Gasteiger partial charge on any atom is 0.336 e. The summed E-state index contributed by atoms with van der Waals surface area (Å²) < 4.78 is 18.5. The van der Waals surface area contributed by atoms with Crippen LogP contribution in [0.15, 0.2) is 95.9 Å². The summed E-state index contributed by atoms with van der Waals surface area (Å²) in [7, 11) is 0. The molecule has 4 aromatic rings. The number of carbonyl (C=O) groups is 2. The van der Waals surface area contributed by atoms with Crippen LogP contribution in [0.1, 0.15) is 31.8 Å². The first-order valence-corrected chi connectivity index (χ1v) is 12.8. The highest BCUT2D eigenvalue weighted by Gasteiger charge is 2.18. The molecule has 0 spiro atoms. The molecule has 4 rings (SSSR count). The van der Waals surface area contributed by atoms with E-state index in [0.29, 0.717) is 5.69 Å². The summed E-state index contributed by atoms with van der Waals surface area (Å²) in [4.78, 5) is 34.1. The van der Waals surface area contributed by atoms with Gasteiger partial charge in [0.05, 0.1) is 28.3 Å². The van der Waals surface area contributed by atoms with Crippen molar-refractivity contribution in [1.82, 2.24) is 0 Å².